The average Bonchev–Trinajstić information content (AvgIpc) is 3.23. The van der Waals surface area contributed by atoms with Crippen molar-refractivity contribution in [2.45, 2.75) is 6.04 Å². The van der Waals surface area contributed by atoms with Crippen LogP contribution in [0.3, 0.4) is 0 Å². The third kappa shape index (κ3) is 4.70. The van der Waals surface area contributed by atoms with Gasteiger partial charge in [0.15, 0.2) is 6.04 Å². The molecule has 1 unspecified atom stereocenters. The van der Waals surface area contributed by atoms with Crippen molar-refractivity contribution in [2.24, 2.45) is 0 Å². The molecule has 0 bridgehead atoms. The van der Waals surface area contributed by atoms with Crippen LogP contribution >= 0.6 is 0 Å². The SMILES string of the molecule is COC(=O)C(c1cccc(-c2cccc(OC)c2)c1)n1ccc2c(NS(C)(=O)=O)cccc21. The molecule has 0 aliphatic heterocycles. The van der Waals surface area contributed by atoms with Gasteiger partial charge in [0.05, 0.1) is 31.7 Å². The highest BCUT2D eigenvalue weighted by Gasteiger charge is 2.25. The van der Waals surface area contributed by atoms with Crippen LogP contribution in [0.25, 0.3) is 22.0 Å². The lowest BCUT2D eigenvalue weighted by molar-refractivity contribution is -0.143. The molecule has 0 fully saturated rings. The predicted octanol–water partition coefficient (Wildman–Crippen LogP) is 4.45. The van der Waals surface area contributed by atoms with Crippen LogP contribution in [0.4, 0.5) is 5.69 Å². The molecule has 4 aromatic rings. The fourth-order valence-corrected chi connectivity index (χ4v) is 4.49. The number of rotatable bonds is 7. The minimum atomic E-state index is -3.46. The van der Waals surface area contributed by atoms with E-state index in [1.165, 1.54) is 7.11 Å². The second kappa shape index (κ2) is 8.99. The van der Waals surface area contributed by atoms with E-state index in [0.717, 1.165) is 28.7 Å². The normalized spacial score (nSPS) is 12.3. The van der Waals surface area contributed by atoms with E-state index >= 15 is 0 Å². The van der Waals surface area contributed by atoms with Gasteiger partial charge in [0, 0.05) is 11.6 Å². The zero-order valence-corrected chi connectivity index (χ0v) is 19.3. The Morgan fingerprint density at radius 2 is 1.64 bits per heavy atom. The first-order chi connectivity index (χ1) is 15.8. The topological polar surface area (TPSA) is 86.6 Å². The van der Waals surface area contributed by atoms with Gasteiger partial charge in [-0.25, -0.2) is 13.2 Å². The Morgan fingerprint density at radius 3 is 2.33 bits per heavy atom. The highest BCUT2D eigenvalue weighted by atomic mass is 32.2. The summed E-state index contributed by atoms with van der Waals surface area (Å²) < 4.78 is 38.4. The zero-order valence-electron chi connectivity index (χ0n) is 18.5. The molecule has 33 heavy (non-hydrogen) atoms. The summed E-state index contributed by atoms with van der Waals surface area (Å²) in [5.41, 5.74) is 3.77. The van der Waals surface area contributed by atoms with Crippen molar-refractivity contribution in [3.63, 3.8) is 0 Å². The van der Waals surface area contributed by atoms with Crippen molar-refractivity contribution in [2.75, 3.05) is 25.2 Å². The van der Waals surface area contributed by atoms with Crippen LogP contribution in [0.15, 0.2) is 79.0 Å². The fraction of sp³-hybridized carbons (Fsp3) is 0.160. The van der Waals surface area contributed by atoms with E-state index in [-0.39, 0.29) is 0 Å². The summed E-state index contributed by atoms with van der Waals surface area (Å²) in [4.78, 5) is 12.9. The maximum atomic E-state index is 12.9. The van der Waals surface area contributed by atoms with Gasteiger partial charge in [-0.2, -0.15) is 0 Å². The van der Waals surface area contributed by atoms with Gasteiger partial charge >= 0.3 is 5.97 Å². The number of ether oxygens (including phenoxy) is 2. The van der Waals surface area contributed by atoms with Crippen molar-refractivity contribution in [1.29, 1.82) is 0 Å². The smallest absolute Gasteiger partial charge is 0.333 e. The summed E-state index contributed by atoms with van der Waals surface area (Å²) in [7, 11) is -0.487. The van der Waals surface area contributed by atoms with Crippen LogP contribution in [0.1, 0.15) is 11.6 Å². The molecule has 0 aliphatic carbocycles. The minimum Gasteiger partial charge on any atom is -0.497 e. The molecule has 1 atom stereocenters. The van der Waals surface area contributed by atoms with Gasteiger partial charge in [0.1, 0.15) is 5.75 Å². The van der Waals surface area contributed by atoms with Crippen LogP contribution in [-0.2, 0) is 19.6 Å². The van der Waals surface area contributed by atoms with Gasteiger partial charge in [-0.3, -0.25) is 4.72 Å². The lowest BCUT2D eigenvalue weighted by Crippen LogP contribution is -2.21. The van der Waals surface area contributed by atoms with Gasteiger partial charge in [-0.15, -0.1) is 0 Å². The van der Waals surface area contributed by atoms with E-state index in [9.17, 15) is 13.2 Å². The van der Waals surface area contributed by atoms with Gasteiger partial charge < -0.3 is 14.0 Å². The predicted molar refractivity (Wildman–Crippen MR) is 129 cm³/mol. The molecule has 0 aliphatic rings. The number of aromatic nitrogens is 1. The van der Waals surface area contributed by atoms with Gasteiger partial charge in [-0.1, -0.05) is 36.4 Å². The fourth-order valence-electron chi connectivity index (χ4n) is 3.92. The van der Waals surface area contributed by atoms with Gasteiger partial charge in [0.2, 0.25) is 10.0 Å². The lowest BCUT2D eigenvalue weighted by Gasteiger charge is -2.19. The van der Waals surface area contributed by atoms with Crippen molar-refractivity contribution in [1.82, 2.24) is 4.57 Å². The molecule has 0 saturated carbocycles. The molecule has 0 radical (unpaired) electrons. The van der Waals surface area contributed by atoms with Crippen LogP contribution in [0.5, 0.6) is 5.75 Å². The first-order valence-corrected chi connectivity index (χ1v) is 12.1. The maximum Gasteiger partial charge on any atom is 0.333 e. The molecule has 4 rings (SSSR count). The molecule has 1 heterocycles. The largest absolute Gasteiger partial charge is 0.497 e. The number of methoxy groups -OCH3 is 2. The molecule has 0 spiro atoms. The monoisotopic (exact) mass is 464 g/mol. The van der Waals surface area contributed by atoms with Crippen molar-refractivity contribution >= 4 is 32.6 Å². The Hall–Kier alpha value is -3.78. The van der Waals surface area contributed by atoms with Crippen LogP contribution < -0.4 is 9.46 Å². The van der Waals surface area contributed by atoms with Gasteiger partial charge in [-0.05, 0) is 53.1 Å². The first-order valence-electron chi connectivity index (χ1n) is 10.2. The van der Waals surface area contributed by atoms with E-state index < -0.39 is 22.0 Å². The Kier molecular flexibility index (Phi) is 6.11. The number of fused-ring (bicyclic) bond motifs is 1. The van der Waals surface area contributed by atoms with Crippen LogP contribution in [0, 0.1) is 0 Å². The minimum absolute atomic E-state index is 0.434. The number of hydrogen-bond donors (Lipinski definition) is 1. The third-order valence-corrected chi connectivity index (χ3v) is 5.96. The summed E-state index contributed by atoms with van der Waals surface area (Å²) in [6.45, 7) is 0. The second-order valence-corrected chi connectivity index (χ2v) is 9.37. The van der Waals surface area contributed by atoms with Crippen LogP contribution in [0.2, 0.25) is 0 Å². The number of nitrogens with one attached hydrogen (secondary N) is 1. The summed E-state index contributed by atoms with van der Waals surface area (Å²) >= 11 is 0. The number of anilines is 1. The molecule has 7 nitrogen and oxygen atoms in total. The average molecular weight is 465 g/mol. The highest BCUT2D eigenvalue weighted by molar-refractivity contribution is 7.92. The van der Waals surface area contributed by atoms with Crippen molar-refractivity contribution in [3.05, 3.63) is 84.6 Å². The van der Waals surface area contributed by atoms with Crippen LogP contribution in [-0.4, -0.2) is 39.4 Å². The maximum absolute atomic E-state index is 12.9. The highest BCUT2D eigenvalue weighted by Crippen LogP contribution is 2.33. The van der Waals surface area contributed by atoms with E-state index in [1.54, 1.807) is 36.1 Å². The Labute approximate surface area is 192 Å². The Morgan fingerprint density at radius 1 is 0.939 bits per heavy atom. The molecule has 1 aromatic heterocycles. The molecule has 8 heteroatoms. The summed E-state index contributed by atoms with van der Waals surface area (Å²) in [6, 6.07) is 21.7. The van der Waals surface area contributed by atoms with E-state index in [2.05, 4.69) is 4.72 Å². The number of sulfonamides is 1. The molecule has 170 valence electrons. The molecular formula is C25H24N2O5S. The number of esters is 1. The van der Waals surface area contributed by atoms with E-state index in [1.807, 2.05) is 54.6 Å². The number of benzene rings is 3. The molecule has 0 amide bonds. The third-order valence-electron chi connectivity index (χ3n) is 5.37. The summed E-state index contributed by atoms with van der Waals surface area (Å²) in [5, 5.41) is 0.681. The zero-order chi connectivity index (χ0) is 23.6. The first kappa shape index (κ1) is 22.4. The van der Waals surface area contributed by atoms with E-state index in [4.69, 9.17) is 9.47 Å². The summed E-state index contributed by atoms with van der Waals surface area (Å²) in [5.74, 6) is 0.307. The number of carbonyl (C=O) groups excluding carboxylic acids is 1. The molecular weight excluding hydrogens is 440 g/mol. The molecule has 3 aromatic carbocycles. The van der Waals surface area contributed by atoms with E-state index in [0.29, 0.717) is 16.6 Å². The second-order valence-electron chi connectivity index (χ2n) is 7.62. The lowest BCUT2D eigenvalue weighted by atomic mass is 9.99. The Bertz CT molecular complexity index is 1430. The quantitative estimate of drug-likeness (QED) is 0.408. The van der Waals surface area contributed by atoms with Crippen molar-refractivity contribution in [3.8, 4) is 16.9 Å². The number of nitrogens with zero attached hydrogens (tertiary/aromatic N) is 1. The number of carbonyl (C=O) groups is 1. The van der Waals surface area contributed by atoms with Crippen molar-refractivity contribution < 1.29 is 22.7 Å². The summed E-state index contributed by atoms with van der Waals surface area (Å²) in [6.07, 6.45) is 2.86. The molecule has 1 N–H and O–H groups in total. The van der Waals surface area contributed by atoms with Gasteiger partial charge in [0.25, 0.3) is 0 Å². The standard InChI is InChI=1S/C25H24N2O5S/c1-31-20-10-5-8-18(16-20)17-7-4-9-19(15-17)24(25(28)32-2)27-14-13-21-22(26-33(3,29)30)11-6-12-23(21)27/h4-16,24,26H,1-3H3. The Balaban J connectivity index is 1.83. The number of hydrogen-bond acceptors (Lipinski definition) is 5. The molecule has 0 saturated heterocycles.